The minimum atomic E-state index is 0.277. The molecule has 0 bridgehead atoms. The molecule has 78 valence electrons. The third kappa shape index (κ3) is 1.51. The average molecular weight is 203 g/mol. The molecule has 0 spiro atoms. The van der Waals surface area contributed by atoms with Gasteiger partial charge in [0, 0.05) is 5.69 Å². The molecule has 1 N–H and O–H groups in total. The van der Waals surface area contributed by atoms with Crippen LogP contribution >= 0.6 is 0 Å². The van der Waals surface area contributed by atoms with Crippen LogP contribution in [-0.2, 0) is 0 Å². The van der Waals surface area contributed by atoms with Gasteiger partial charge in [0.1, 0.15) is 0 Å². The van der Waals surface area contributed by atoms with Crippen LogP contribution in [0.15, 0.2) is 16.5 Å². The summed E-state index contributed by atoms with van der Waals surface area (Å²) in [6.45, 7) is 3.01. The molecule has 1 aliphatic rings. The van der Waals surface area contributed by atoms with E-state index in [1.54, 1.807) is 0 Å². The number of fused-ring (bicyclic) bond motifs is 1. The first-order valence-electron chi connectivity index (χ1n) is 5.30. The van der Waals surface area contributed by atoms with E-state index in [1.165, 1.54) is 6.42 Å². The summed E-state index contributed by atoms with van der Waals surface area (Å²) in [5.41, 5.74) is 2.48. The maximum atomic E-state index is 5.67. The number of hydrogen-bond acceptors (Lipinski definition) is 4. The van der Waals surface area contributed by atoms with E-state index in [-0.39, 0.29) is 6.04 Å². The molecular formula is C11H13N3O. The maximum absolute atomic E-state index is 5.67. The Bertz CT molecular complexity index is 486. The lowest BCUT2D eigenvalue weighted by Crippen LogP contribution is -2.12. The maximum Gasteiger partial charge on any atom is 0.214 e. The molecule has 2 aromatic rings. The minimum absolute atomic E-state index is 0.277. The summed E-state index contributed by atoms with van der Waals surface area (Å²) < 4.78 is 5.67. The highest BCUT2D eigenvalue weighted by Crippen LogP contribution is 2.25. The predicted molar refractivity (Wildman–Crippen MR) is 56.5 cm³/mol. The Kier molecular flexibility index (Phi) is 1.95. The Morgan fingerprint density at radius 2 is 2.33 bits per heavy atom. The van der Waals surface area contributed by atoms with E-state index in [4.69, 9.17) is 4.42 Å². The average Bonchev–Trinajstić information content (AvgIpc) is 2.84. The SMILES string of the molecule is Cc1ccc2oc(C3CCCN3)nc2n1. The molecule has 0 amide bonds. The van der Waals surface area contributed by atoms with E-state index in [0.717, 1.165) is 35.8 Å². The number of aromatic nitrogens is 2. The van der Waals surface area contributed by atoms with Gasteiger partial charge >= 0.3 is 0 Å². The van der Waals surface area contributed by atoms with Gasteiger partial charge in [0.2, 0.25) is 5.89 Å². The Labute approximate surface area is 87.7 Å². The lowest BCUT2D eigenvalue weighted by Gasteiger charge is -2.02. The van der Waals surface area contributed by atoms with Gasteiger partial charge in [0.25, 0.3) is 0 Å². The van der Waals surface area contributed by atoms with E-state index in [1.807, 2.05) is 19.1 Å². The zero-order chi connectivity index (χ0) is 10.3. The molecular weight excluding hydrogens is 190 g/mol. The topological polar surface area (TPSA) is 51.0 Å². The van der Waals surface area contributed by atoms with Gasteiger partial charge in [-0.25, -0.2) is 4.98 Å². The van der Waals surface area contributed by atoms with Gasteiger partial charge in [-0.2, -0.15) is 4.98 Å². The number of oxazole rings is 1. The van der Waals surface area contributed by atoms with Gasteiger partial charge in [0.05, 0.1) is 6.04 Å². The van der Waals surface area contributed by atoms with Crippen molar-refractivity contribution in [3.05, 3.63) is 23.7 Å². The first-order valence-corrected chi connectivity index (χ1v) is 5.30. The predicted octanol–water partition coefficient (Wildman–Crippen LogP) is 1.96. The lowest BCUT2D eigenvalue weighted by atomic mass is 10.2. The third-order valence-electron chi connectivity index (χ3n) is 2.77. The molecule has 4 heteroatoms. The molecule has 3 heterocycles. The summed E-state index contributed by atoms with van der Waals surface area (Å²) in [6.07, 6.45) is 2.29. The number of aryl methyl sites for hydroxylation is 1. The zero-order valence-corrected chi connectivity index (χ0v) is 8.66. The van der Waals surface area contributed by atoms with Crippen molar-refractivity contribution in [1.29, 1.82) is 0 Å². The van der Waals surface area contributed by atoms with Crippen molar-refractivity contribution in [2.24, 2.45) is 0 Å². The molecule has 1 atom stereocenters. The van der Waals surface area contributed by atoms with Gasteiger partial charge in [0.15, 0.2) is 11.2 Å². The molecule has 0 aromatic carbocycles. The highest BCUT2D eigenvalue weighted by Gasteiger charge is 2.21. The van der Waals surface area contributed by atoms with Gasteiger partial charge < -0.3 is 9.73 Å². The second-order valence-corrected chi connectivity index (χ2v) is 3.98. The van der Waals surface area contributed by atoms with Gasteiger partial charge in [-0.15, -0.1) is 0 Å². The van der Waals surface area contributed by atoms with Crippen molar-refractivity contribution in [1.82, 2.24) is 15.3 Å². The molecule has 4 nitrogen and oxygen atoms in total. The van der Waals surface area contributed by atoms with E-state index in [9.17, 15) is 0 Å². The molecule has 0 saturated carbocycles. The Morgan fingerprint density at radius 3 is 3.13 bits per heavy atom. The summed E-state index contributed by atoms with van der Waals surface area (Å²) in [4.78, 5) is 8.75. The second-order valence-electron chi connectivity index (χ2n) is 3.98. The van der Waals surface area contributed by atoms with Crippen LogP contribution in [0.25, 0.3) is 11.2 Å². The van der Waals surface area contributed by atoms with Crippen molar-refractivity contribution >= 4 is 11.2 Å². The van der Waals surface area contributed by atoms with Gasteiger partial charge in [-0.3, -0.25) is 0 Å². The fraction of sp³-hybridized carbons (Fsp3) is 0.455. The monoisotopic (exact) mass is 203 g/mol. The first kappa shape index (κ1) is 8.85. The molecule has 1 unspecified atom stereocenters. The van der Waals surface area contributed by atoms with Crippen LogP contribution < -0.4 is 5.32 Å². The minimum Gasteiger partial charge on any atom is -0.437 e. The smallest absolute Gasteiger partial charge is 0.214 e. The molecule has 2 aromatic heterocycles. The normalized spacial score (nSPS) is 21.3. The number of nitrogens with one attached hydrogen (secondary N) is 1. The van der Waals surface area contributed by atoms with Crippen molar-refractivity contribution in [3.63, 3.8) is 0 Å². The lowest BCUT2D eigenvalue weighted by molar-refractivity contribution is 0.452. The van der Waals surface area contributed by atoms with Crippen LogP contribution in [0, 0.1) is 6.92 Å². The van der Waals surface area contributed by atoms with Crippen LogP contribution in [-0.4, -0.2) is 16.5 Å². The third-order valence-corrected chi connectivity index (χ3v) is 2.77. The van der Waals surface area contributed by atoms with E-state index in [2.05, 4.69) is 15.3 Å². The molecule has 15 heavy (non-hydrogen) atoms. The first-order chi connectivity index (χ1) is 7.33. The molecule has 3 rings (SSSR count). The number of pyridine rings is 1. The number of rotatable bonds is 1. The highest BCUT2D eigenvalue weighted by molar-refractivity contribution is 5.67. The number of nitrogens with zero attached hydrogens (tertiary/aromatic N) is 2. The quantitative estimate of drug-likeness (QED) is 0.769. The standard InChI is InChI=1S/C11H13N3O/c1-7-4-5-9-10(13-7)14-11(15-9)8-3-2-6-12-8/h4-5,8,12H,2-3,6H2,1H3. The molecule has 0 aliphatic carbocycles. The van der Waals surface area contributed by atoms with E-state index in [0.29, 0.717) is 0 Å². The fourth-order valence-electron chi connectivity index (χ4n) is 1.97. The van der Waals surface area contributed by atoms with Crippen molar-refractivity contribution in [3.8, 4) is 0 Å². The van der Waals surface area contributed by atoms with Crippen LogP contribution in [0.2, 0.25) is 0 Å². The Hall–Kier alpha value is -1.42. The molecule has 1 aliphatic heterocycles. The Morgan fingerprint density at radius 1 is 1.40 bits per heavy atom. The van der Waals surface area contributed by atoms with Crippen molar-refractivity contribution in [2.75, 3.05) is 6.54 Å². The van der Waals surface area contributed by atoms with Crippen LogP contribution in [0.4, 0.5) is 0 Å². The van der Waals surface area contributed by atoms with Crippen LogP contribution in [0.1, 0.15) is 30.5 Å². The second kappa shape index (κ2) is 3.31. The summed E-state index contributed by atoms with van der Waals surface area (Å²) >= 11 is 0. The summed E-state index contributed by atoms with van der Waals surface area (Å²) in [7, 11) is 0. The van der Waals surface area contributed by atoms with Crippen LogP contribution in [0.5, 0.6) is 0 Å². The summed E-state index contributed by atoms with van der Waals surface area (Å²) in [5.74, 6) is 0.778. The van der Waals surface area contributed by atoms with Gasteiger partial charge in [-0.05, 0) is 38.4 Å². The Balaban J connectivity index is 2.05. The molecule has 1 fully saturated rings. The van der Waals surface area contributed by atoms with Crippen molar-refractivity contribution < 1.29 is 4.42 Å². The summed E-state index contributed by atoms with van der Waals surface area (Å²) in [6, 6.07) is 4.15. The fourth-order valence-corrected chi connectivity index (χ4v) is 1.97. The van der Waals surface area contributed by atoms with Crippen molar-refractivity contribution in [2.45, 2.75) is 25.8 Å². The summed E-state index contributed by atoms with van der Waals surface area (Å²) in [5, 5.41) is 3.36. The van der Waals surface area contributed by atoms with E-state index >= 15 is 0 Å². The largest absolute Gasteiger partial charge is 0.437 e. The number of hydrogen-bond donors (Lipinski definition) is 1. The zero-order valence-electron chi connectivity index (χ0n) is 8.66. The van der Waals surface area contributed by atoms with E-state index < -0.39 is 0 Å². The van der Waals surface area contributed by atoms with Crippen LogP contribution in [0.3, 0.4) is 0 Å². The molecule has 0 radical (unpaired) electrons. The van der Waals surface area contributed by atoms with Gasteiger partial charge in [-0.1, -0.05) is 0 Å². The molecule has 1 saturated heterocycles. The highest BCUT2D eigenvalue weighted by atomic mass is 16.3.